The molecule has 9 aromatic rings. The van der Waals surface area contributed by atoms with Crippen molar-refractivity contribution in [2.24, 2.45) is 0 Å². The van der Waals surface area contributed by atoms with Gasteiger partial charge < -0.3 is 9.55 Å². The summed E-state index contributed by atoms with van der Waals surface area (Å²) in [6, 6.07) is 40.3. The minimum atomic E-state index is 0. The van der Waals surface area contributed by atoms with Crippen LogP contribution in [0.25, 0.3) is 70.9 Å². The van der Waals surface area contributed by atoms with Crippen molar-refractivity contribution in [3.05, 3.63) is 140 Å². The van der Waals surface area contributed by atoms with Crippen molar-refractivity contribution in [2.75, 3.05) is 0 Å². The Bertz CT molecular complexity index is 2410. The predicted molar refractivity (Wildman–Crippen MR) is 175 cm³/mol. The standard InChI is InChI=1S/C36H21N7S.Pt/c1-2-12-35-31(11-1)40-36(44-35)29-23-34-28(22-33(29)42-19-7-17-39-42)27-21-25(41-18-6-16-38-41)13-14-32(27)43(34)26-9-5-8-24(20-26)30-10-3-4-15-37-30;/h1-19,21-22H;/q-2;+2. The van der Waals surface area contributed by atoms with Crippen molar-refractivity contribution in [3.63, 3.8) is 0 Å². The molecular weight excluding hydrogens is 758 g/mol. The van der Waals surface area contributed by atoms with E-state index in [1.54, 1.807) is 23.7 Å². The molecule has 4 aromatic carbocycles. The Morgan fingerprint density at radius 3 is 2.33 bits per heavy atom. The molecule has 5 aromatic heterocycles. The summed E-state index contributed by atoms with van der Waals surface area (Å²) in [5.41, 5.74) is 8.40. The van der Waals surface area contributed by atoms with E-state index in [9.17, 15) is 0 Å². The van der Waals surface area contributed by atoms with Gasteiger partial charge in [0.25, 0.3) is 0 Å². The van der Waals surface area contributed by atoms with Crippen molar-refractivity contribution in [3.8, 4) is 38.9 Å². The molecule has 0 atom stereocenters. The normalized spacial score (nSPS) is 11.4. The van der Waals surface area contributed by atoms with E-state index >= 15 is 0 Å². The van der Waals surface area contributed by atoms with Gasteiger partial charge in [0.15, 0.2) is 0 Å². The topological polar surface area (TPSA) is 66.3 Å². The Hall–Kier alpha value is -5.17. The van der Waals surface area contributed by atoms with Crippen LogP contribution in [0.3, 0.4) is 0 Å². The van der Waals surface area contributed by atoms with E-state index < -0.39 is 0 Å². The van der Waals surface area contributed by atoms with Crippen molar-refractivity contribution in [1.82, 2.24) is 34.1 Å². The van der Waals surface area contributed by atoms with Crippen LogP contribution < -0.4 is 0 Å². The molecule has 0 N–H and O–H groups in total. The second-order valence-electron chi connectivity index (χ2n) is 10.4. The van der Waals surface area contributed by atoms with Crippen molar-refractivity contribution in [2.45, 2.75) is 0 Å². The predicted octanol–water partition coefficient (Wildman–Crippen LogP) is 8.09. The fourth-order valence-corrected chi connectivity index (χ4v) is 6.75. The summed E-state index contributed by atoms with van der Waals surface area (Å²) in [5.74, 6) is 0. The molecule has 0 amide bonds. The molecule has 0 saturated carbocycles. The fraction of sp³-hybridized carbons (Fsp3) is 0. The molecule has 0 bridgehead atoms. The van der Waals surface area contributed by atoms with Gasteiger partial charge in [-0.15, -0.1) is 42.0 Å². The summed E-state index contributed by atoms with van der Waals surface area (Å²) in [6.07, 6.45) is 9.31. The summed E-state index contributed by atoms with van der Waals surface area (Å²) >= 11 is 1.66. The fourth-order valence-electron chi connectivity index (χ4n) is 5.77. The maximum Gasteiger partial charge on any atom is 2.00 e. The van der Waals surface area contributed by atoms with Crippen LogP contribution in [0.5, 0.6) is 0 Å². The monoisotopic (exact) mass is 778 g/mol. The number of thiazole rings is 1. The third-order valence-electron chi connectivity index (χ3n) is 7.76. The van der Waals surface area contributed by atoms with Gasteiger partial charge in [-0.1, -0.05) is 35.2 Å². The minimum Gasteiger partial charge on any atom is -0.346 e. The molecule has 9 heteroatoms. The molecule has 0 fully saturated rings. The van der Waals surface area contributed by atoms with Gasteiger partial charge in [0.2, 0.25) is 0 Å². The van der Waals surface area contributed by atoms with Crippen LogP contribution >= 0.6 is 11.3 Å². The number of nitrogens with zero attached hydrogens (tertiary/aromatic N) is 7. The number of rotatable bonds is 5. The zero-order valence-electron chi connectivity index (χ0n) is 23.5. The molecule has 0 saturated heterocycles. The largest absolute Gasteiger partial charge is 2.00 e. The Balaban J connectivity index is 0.00000300. The molecule has 0 unspecified atom stereocenters. The number of para-hydroxylation sites is 1. The van der Waals surface area contributed by atoms with Gasteiger partial charge in [0.1, 0.15) is 0 Å². The Morgan fingerprint density at radius 2 is 1.53 bits per heavy atom. The number of hydrogen-bond donors (Lipinski definition) is 0. The third kappa shape index (κ3) is 4.61. The maximum absolute atomic E-state index is 5.03. The van der Waals surface area contributed by atoms with Crippen molar-refractivity contribution >= 4 is 43.4 Å². The van der Waals surface area contributed by atoms with Crippen LogP contribution in [0, 0.1) is 12.1 Å². The number of pyridine rings is 1. The van der Waals surface area contributed by atoms with Crippen LogP contribution in [-0.2, 0) is 21.1 Å². The first-order chi connectivity index (χ1) is 21.8. The molecule has 0 radical (unpaired) electrons. The maximum atomic E-state index is 5.03. The van der Waals surface area contributed by atoms with Gasteiger partial charge in [-0.05, 0) is 76.5 Å². The Labute approximate surface area is 276 Å². The number of fused-ring (bicyclic) bond motifs is 4. The second-order valence-corrected chi connectivity index (χ2v) is 11.4. The van der Waals surface area contributed by atoms with Crippen molar-refractivity contribution in [1.29, 1.82) is 0 Å². The van der Waals surface area contributed by atoms with E-state index in [0.717, 1.165) is 70.9 Å². The first-order valence-electron chi connectivity index (χ1n) is 14.1. The van der Waals surface area contributed by atoms with Gasteiger partial charge in [-0.2, -0.15) is 21.5 Å². The summed E-state index contributed by atoms with van der Waals surface area (Å²) in [7, 11) is 0. The van der Waals surface area contributed by atoms with E-state index in [1.807, 2.05) is 82.6 Å². The molecule has 9 rings (SSSR count). The molecule has 0 aliphatic heterocycles. The van der Waals surface area contributed by atoms with E-state index in [2.05, 4.69) is 74.3 Å². The molecule has 7 nitrogen and oxygen atoms in total. The van der Waals surface area contributed by atoms with Crippen LogP contribution in [0.2, 0.25) is 0 Å². The van der Waals surface area contributed by atoms with E-state index in [4.69, 9.17) is 4.98 Å². The average molecular weight is 779 g/mol. The average Bonchev–Trinajstić information content (AvgIpc) is 3.90. The number of hydrogen-bond acceptors (Lipinski definition) is 5. The van der Waals surface area contributed by atoms with Gasteiger partial charge in [0.05, 0.1) is 11.2 Å². The molecule has 0 aliphatic rings. The quantitative estimate of drug-likeness (QED) is 0.166. The molecule has 0 aliphatic carbocycles. The van der Waals surface area contributed by atoms with Gasteiger partial charge in [0, 0.05) is 46.2 Å². The summed E-state index contributed by atoms with van der Waals surface area (Å²) < 4.78 is 7.13. The van der Waals surface area contributed by atoms with Crippen molar-refractivity contribution < 1.29 is 21.1 Å². The summed E-state index contributed by atoms with van der Waals surface area (Å²) in [4.78, 5) is 9.60. The minimum absolute atomic E-state index is 0. The first-order valence-corrected chi connectivity index (χ1v) is 15.0. The number of benzene rings is 4. The molecular formula is C36H21N7PtS. The van der Waals surface area contributed by atoms with E-state index in [0.29, 0.717) is 0 Å². The summed E-state index contributed by atoms with van der Waals surface area (Å²) in [5, 5.41) is 12.1. The number of aromatic nitrogens is 7. The van der Waals surface area contributed by atoms with Crippen LogP contribution in [0.15, 0.2) is 128 Å². The summed E-state index contributed by atoms with van der Waals surface area (Å²) in [6.45, 7) is 0. The molecule has 0 spiro atoms. The van der Waals surface area contributed by atoms with Crippen LogP contribution in [0.4, 0.5) is 0 Å². The molecule has 216 valence electrons. The second kappa shape index (κ2) is 11.1. The Kier molecular flexibility index (Phi) is 6.74. The van der Waals surface area contributed by atoms with E-state index in [1.165, 1.54) is 0 Å². The zero-order chi connectivity index (χ0) is 29.0. The zero-order valence-corrected chi connectivity index (χ0v) is 26.6. The van der Waals surface area contributed by atoms with Gasteiger partial charge in [-0.3, -0.25) is 9.67 Å². The molecule has 5 heterocycles. The Morgan fingerprint density at radius 1 is 0.689 bits per heavy atom. The van der Waals surface area contributed by atoms with Gasteiger partial charge >= 0.3 is 21.1 Å². The SMILES string of the molecule is [Pt+2].[c-]1c(-c2ccccn2)cccc1-n1c2[c-]c(-c3nc4ccccc4s3)c(-n3cccn3)cc2c2cc(-n3cccn3)ccc21. The molecule has 45 heavy (non-hydrogen) atoms. The van der Waals surface area contributed by atoms with E-state index in [-0.39, 0.29) is 21.1 Å². The third-order valence-corrected chi connectivity index (χ3v) is 8.81. The van der Waals surface area contributed by atoms with Gasteiger partial charge in [-0.25, -0.2) is 4.68 Å². The van der Waals surface area contributed by atoms with Crippen LogP contribution in [-0.4, -0.2) is 34.1 Å². The first kappa shape index (κ1) is 27.4. The smallest absolute Gasteiger partial charge is 0.346 e. The van der Waals surface area contributed by atoms with Crippen LogP contribution in [0.1, 0.15) is 0 Å².